The molecule has 3 N–H and O–H groups in total. The van der Waals surface area contributed by atoms with Crippen LogP contribution in [0, 0.1) is 17.7 Å². The summed E-state index contributed by atoms with van der Waals surface area (Å²) in [6, 6.07) is 23.3. The molecule has 4 aromatic rings. The largest absolute Gasteiger partial charge is 0.461 e. The molecule has 42 heavy (non-hydrogen) atoms. The number of hydrogen-bond donors (Lipinski definition) is 3. The Kier molecular flexibility index (Phi) is 9.97. The van der Waals surface area contributed by atoms with Crippen molar-refractivity contribution in [1.82, 2.24) is 15.0 Å². The van der Waals surface area contributed by atoms with E-state index < -0.39 is 0 Å². The highest BCUT2D eigenvalue weighted by Crippen LogP contribution is 2.30. The van der Waals surface area contributed by atoms with Crippen molar-refractivity contribution in [3.8, 4) is 11.3 Å². The number of halogens is 1. The first-order valence-electron chi connectivity index (χ1n) is 14.6. The summed E-state index contributed by atoms with van der Waals surface area (Å²) in [6.07, 6.45) is 4.04. The molecule has 1 fully saturated rings. The number of esters is 1. The topological polar surface area (TPSA) is 83.2 Å². The Hall–Kier alpha value is -3.62. The van der Waals surface area contributed by atoms with Gasteiger partial charge in [0, 0.05) is 46.4 Å². The van der Waals surface area contributed by atoms with Gasteiger partial charge in [0.2, 0.25) is 5.91 Å². The average Bonchev–Trinajstić information content (AvgIpc) is 3.42. The molecule has 0 saturated heterocycles. The van der Waals surface area contributed by atoms with Gasteiger partial charge >= 0.3 is 5.97 Å². The minimum Gasteiger partial charge on any atom is -0.461 e. The molecule has 6 nitrogen and oxygen atoms in total. The number of rotatable bonds is 11. The second kappa shape index (κ2) is 14.0. The number of H-pyrrole nitrogens is 1. The predicted octanol–water partition coefficient (Wildman–Crippen LogP) is 7.54. The van der Waals surface area contributed by atoms with Gasteiger partial charge in [-0.2, -0.15) is 0 Å². The first-order chi connectivity index (χ1) is 20.3. The van der Waals surface area contributed by atoms with Crippen molar-refractivity contribution >= 4 is 34.7 Å². The van der Waals surface area contributed by atoms with Crippen molar-refractivity contribution in [1.29, 1.82) is 0 Å². The third kappa shape index (κ3) is 8.23. The smallest absolute Gasteiger partial charge is 0.306 e. The third-order valence-electron chi connectivity index (χ3n) is 7.66. The molecule has 1 aliphatic rings. The second-order valence-electron chi connectivity index (χ2n) is 11.5. The molecule has 220 valence electrons. The minimum atomic E-state index is -0.271. The Morgan fingerprint density at radius 1 is 0.952 bits per heavy atom. The molecule has 0 radical (unpaired) electrons. The van der Waals surface area contributed by atoms with Crippen molar-refractivity contribution < 1.29 is 18.7 Å². The van der Waals surface area contributed by atoms with Crippen molar-refractivity contribution in [3.63, 3.8) is 0 Å². The van der Waals surface area contributed by atoms with Crippen LogP contribution in [0.4, 0.5) is 4.39 Å². The van der Waals surface area contributed by atoms with E-state index in [1.165, 1.54) is 12.1 Å². The molecule has 5 rings (SSSR count). The van der Waals surface area contributed by atoms with Crippen LogP contribution >= 0.6 is 11.9 Å². The van der Waals surface area contributed by atoms with Gasteiger partial charge in [0.05, 0.1) is 0 Å². The molecule has 1 aromatic heterocycles. The normalized spacial score (nSPS) is 17.0. The van der Waals surface area contributed by atoms with Gasteiger partial charge in [-0.3, -0.25) is 14.3 Å². The molecule has 1 saturated carbocycles. The van der Waals surface area contributed by atoms with Gasteiger partial charge < -0.3 is 15.0 Å². The highest BCUT2D eigenvalue weighted by atomic mass is 32.2. The maximum Gasteiger partial charge on any atom is 0.306 e. The number of hydrogen-bond acceptors (Lipinski definition) is 5. The lowest BCUT2D eigenvalue weighted by molar-refractivity contribution is -0.145. The van der Waals surface area contributed by atoms with Crippen molar-refractivity contribution in [2.24, 2.45) is 11.8 Å². The monoisotopic (exact) mass is 587 g/mol. The third-order valence-corrected chi connectivity index (χ3v) is 8.60. The summed E-state index contributed by atoms with van der Waals surface area (Å²) in [5.74, 6) is -0.0390. The van der Waals surface area contributed by atoms with E-state index >= 15 is 0 Å². The summed E-state index contributed by atoms with van der Waals surface area (Å²) in [4.78, 5) is 29.1. The predicted molar refractivity (Wildman–Crippen MR) is 166 cm³/mol. The summed E-state index contributed by atoms with van der Waals surface area (Å²) in [6.45, 7) is 4.73. The van der Waals surface area contributed by atoms with E-state index in [0.29, 0.717) is 25.6 Å². The summed E-state index contributed by atoms with van der Waals surface area (Å²) in [5, 5.41) is 4.15. The van der Waals surface area contributed by atoms with Crippen LogP contribution in [0.5, 0.6) is 0 Å². The number of nitrogens with one attached hydrogen (secondary N) is 3. The number of carbonyl (C=O) groups is 2. The van der Waals surface area contributed by atoms with Crippen LogP contribution in [0.2, 0.25) is 0 Å². The number of aromatic amines is 1. The Morgan fingerprint density at radius 3 is 2.38 bits per heavy atom. The van der Waals surface area contributed by atoms with Gasteiger partial charge in [0.25, 0.3) is 0 Å². The van der Waals surface area contributed by atoms with Crippen LogP contribution in [0.25, 0.3) is 22.2 Å². The Balaban J connectivity index is 1.08. The highest BCUT2D eigenvalue weighted by molar-refractivity contribution is 7.97. The molecule has 0 atom stereocenters. The molecule has 1 amide bonds. The zero-order valence-corrected chi connectivity index (χ0v) is 24.9. The molecule has 1 heterocycles. The summed E-state index contributed by atoms with van der Waals surface area (Å²) < 4.78 is 22.1. The average molecular weight is 588 g/mol. The van der Waals surface area contributed by atoms with Crippen LogP contribution in [0.3, 0.4) is 0 Å². The summed E-state index contributed by atoms with van der Waals surface area (Å²) in [5.41, 5.74) is 5.06. The van der Waals surface area contributed by atoms with Crippen LogP contribution in [0.15, 0.2) is 77.7 Å². The van der Waals surface area contributed by atoms with Gasteiger partial charge in [0.1, 0.15) is 12.4 Å². The Morgan fingerprint density at radius 2 is 1.67 bits per heavy atom. The van der Waals surface area contributed by atoms with Crippen molar-refractivity contribution in [2.75, 3.05) is 0 Å². The van der Waals surface area contributed by atoms with Crippen LogP contribution in [0.1, 0.15) is 57.1 Å². The number of fused-ring (bicyclic) bond motifs is 1. The minimum absolute atomic E-state index is 0.0242. The summed E-state index contributed by atoms with van der Waals surface area (Å²) in [7, 11) is 0. The lowest BCUT2D eigenvalue weighted by Crippen LogP contribution is -2.36. The van der Waals surface area contributed by atoms with Crippen molar-refractivity contribution in [3.05, 3.63) is 89.7 Å². The number of carbonyl (C=O) groups excluding carboxylic acids is 2. The molecule has 8 heteroatoms. The van der Waals surface area contributed by atoms with Gasteiger partial charge in [-0.1, -0.05) is 56.3 Å². The molecular weight excluding hydrogens is 549 g/mol. The molecule has 3 aromatic carbocycles. The van der Waals surface area contributed by atoms with E-state index in [0.717, 1.165) is 63.9 Å². The second-order valence-corrected chi connectivity index (χ2v) is 12.4. The maximum absolute atomic E-state index is 13.1. The quantitative estimate of drug-likeness (QED) is 0.125. The molecular formula is C34H38FN3O3S. The zero-order chi connectivity index (χ0) is 29.5. The highest BCUT2D eigenvalue weighted by Gasteiger charge is 2.26. The van der Waals surface area contributed by atoms with E-state index in [-0.39, 0.29) is 29.5 Å². The lowest BCUT2D eigenvalue weighted by atomic mass is 9.86. The molecule has 0 bridgehead atoms. The molecule has 1 aliphatic carbocycles. The van der Waals surface area contributed by atoms with E-state index in [2.05, 4.69) is 39.3 Å². The zero-order valence-electron chi connectivity index (χ0n) is 24.1. The fourth-order valence-electron chi connectivity index (χ4n) is 5.22. The number of ether oxygens (including phenoxy) is 1. The molecule has 0 unspecified atom stereocenters. The first-order valence-corrected chi connectivity index (χ1v) is 15.5. The van der Waals surface area contributed by atoms with Crippen LogP contribution < -0.4 is 10.0 Å². The summed E-state index contributed by atoms with van der Waals surface area (Å²) >= 11 is 1.64. The standard InChI is InChI=1S/C34H38FN3O3S/c1-22(2)17-33(39)41-21-24-3-7-25(8-4-24)31-18-27-11-16-30(19-32(27)37-31)42-38-29-14-9-26(10-15-29)34(40)36-20-23-5-12-28(35)13-6-23/h3-8,11-13,16,18-19,22,26,29,37-38H,9-10,14-15,17,20-21H2,1-2H3,(H,36,40)/t26-,29-. The lowest BCUT2D eigenvalue weighted by Gasteiger charge is -2.28. The van der Waals surface area contributed by atoms with E-state index in [9.17, 15) is 14.0 Å². The first kappa shape index (κ1) is 29.9. The fraction of sp³-hybridized carbons (Fsp3) is 0.353. The van der Waals surface area contributed by atoms with Gasteiger partial charge in [-0.05, 0) is 90.6 Å². The SMILES string of the molecule is CC(C)CC(=O)OCc1ccc(-c2cc3ccc(SN[C@H]4CC[C@H](C(=O)NCc5ccc(F)cc5)CC4)cc3[nH]2)cc1. The number of aromatic nitrogens is 1. The van der Waals surface area contributed by atoms with Gasteiger partial charge in [-0.15, -0.1) is 0 Å². The van der Waals surface area contributed by atoms with Crippen molar-refractivity contribution in [2.45, 2.75) is 70.0 Å². The maximum atomic E-state index is 13.1. The Labute approximate surface area is 251 Å². The van der Waals surface area contributed by atoms with Gasteiger partial charge in [0.15, 0.2) is 0 Å². The van der Waals surface area contributed by atoms with E-state index in [1.54, 1.807) is 24.1 Å². The Bertz CT molecular complexity index is 1490. The number of amides is 1. The van der Waals surface area contributed by atoms with E-state index in [4.69, 9.17) is 4.74 Å². The van der Waals surface area contributed by atoms with Crippen LogP contribution in [-0.4, -0.2) is 22.9 Å². The molecule has 0 aliphatic heterocycles. The molecule has 0 spiro atoms. The van der Waals surface area contributed by atoms with Crippen LogP contribution in [-0.2, 0) is 27.5 Å². The number of benzene rings is 3. The van der Waals surface area contributed by atoms with Gasteiger partial charge in [-0.25, -0.2) is 4.39 Å². The fourth-order valence-corrected chi connectivity index (χ4v) is 6.07. The van der Waals surface area contributed by atoms with E-state index in [1.807, 2.05) is 38.1 Å².